The summed E-state index contributed by atoms with van der Waals surface area (Å²) in [6.07, 6.45) is 2.31. The summed E-state index contributed by atoms with van der Waals surface area (Å²) < 4.78 is 0. The van der Waals surface area contributed by atoms with Gasteiger partial charge < -0.3 is 10.6 Å². The smallest absolute Gasteiger partial charge is 0.220 e. The number of amides is 2. The molecule has 0 spiro atoms. The lowest BCUT2D eigenvalue weighted by atomic mass is 10.1. The van der Waals surface area contributed by atoms with Gasteiger partial charge in [0.15, 0.2) is 0 Å². The Morgan fingerprint density at radius 3 is 1.48 bits per heavy atom. The average molecular weight is 363 g/mol. The van der Waals surface area contributed by atoms with Crippen molar-refractivity contribution in [2.75, 3.05) is 6.54 Å². The second kappa shape index (κ2) is 21.0. The molecule has 0 aliphatic carbocycles. The maximum atomic E-state index is 11.3. The van der Waals surface area contributed by atoms with Gasteiger partial charge in [0.05, 0.1) is 0 Å². The van der Waals surface area contributed by atoms with E-state index in [0.29, 0.717) is 30.6 Å². The lowest BCUT2D eigenvalue weighted by molar-refractivity contribution is -0.123. The Morgan fingerprint density at radius 1 is 0.760 bits per heavy atom. The van der Waals surface area contributed by atoms with Crippen LogP contribution >= 0.6 is 0 Å². The second-order valence-electron chi connectivity index (χ2n) is 7.15. The molecule has 1 unspecified atom stereocenters. The van der Waals surface area contributed by atoms with E-state index in [1.807, 2.05) is 20.8 Å². The first kappa shape index (κ1) is 35.1. The predicted octanol–water partition coefficient (Wildman–Crippen LogP) is 5.66. The average Bonchev–Trinajstić information content (AvgIpc) is 2.34. The van der Waals surface area contributed by atoms with Crippen molar-refractivity contribution in [1.82, 2.24) is 10.6 Å². The third-order valence-corrected chi connectivity index (χ3v) is 3.15. The van der Waals surface area contributed by atoms with Crippen LogP contribution in [0, 0.1) is 17.8 Å². The first-order chi connectivity index (χ1) is 10.1. The van der Waals surface area contributed by atoms with E-state index in [-0.39, 0.29) is 40.1 Å². The number of hydrogen-bond acceptors (Lipinski definition) is 2. The second-order valence-corrected chi connectivity index (χ2v) is 7.15. The Morgan fingerprint density at radius 2 is 1.16 bits per heavy atom. The molecular formula is C21H50N2O2. The highest BCUT2D eigenvalue weighted by Crippen LogP contribution is 2.03. The maximum Gasteiger partial charge on any atom is 0.220 e. The Bertz CT molecular complexity index is 300. The third kappa shape index (κ3) is 28.0. The number of carbonyl (C=O) groups is 2. The van der Waals surface area contributed by atoms with Crippen LogP contribution in [0.15, 0.2) is 0 Å². The van der Waals surface area contributed by atoms with Crippen molar-refractivity contribution in [2.24, 2.45) is 17.8 Å². The molecule has 0 aromatic rings. The summed E-state index contributed by atoms with van der Waals surface area (Å²) in [7, 11) is 0. The SMILES string of the molecule is C.C.C.CC(C)CC(=O)NC(C)C(C)C.CCCNC(=O)CC(C)C. The van der Waals surface area contributed by atoms with Gasteiger partial charge in [-0.15, -0.1) is 0 Å². The predicted molar refractivity (Wildman–Crippen MR) is 115 cm³/mol. The Hall–Kier alpha value is -1.06. The van der Waals surface area contributed by atoms with Crippen molar-refractivity contribution in [3.8, 4) is 0 Å². The molecule has 0 aliphatic rings. The molecule has 4 nitrogen and oxygen atoms in total. The lowest BCUT2D eigenvalue weighted by Crippen LogP contribution is -2.36. The molecule has 2 amide bonds. The van der Waals surface area contributed by atoms with Crippen LogP contribution in [0.5, 0.6) is 0 Å². The molecule has 1 atom stereocenters. The van der Waals surface area contributed by atoms with Crippen LogP contribution < -0.4 is 10.6 Å². The zero-order chi connectivity index (χ0) is 17.7. The molecule has 0 aromatic heterocycles. The van der Waals surface area contributed by atoms with Crippen LogP contribution in [0.25, 0.3) is 0 Å². The van der Waals surface area contributed by atoms with Gasteiger partial charge in [0.1, 0.15) is 0 Å². The van der Waals surface area contributed by atoms with E-state index in [9.17, 15) is 9.59 Å². The molecule has 25 heavy (non-hydrogen) atoms. The van der Waals surface area contributed by atoms with Gasteiger partial charge in [0.2, 0.25) is 11.8 Å². The van der Waals surface area contributed by atoms with Gasteiger partial charge in [0.25, 0.3) is 0 Å². The normalized spacial score (nSPS) is 10.5. The van der Waals surface area contributed by atoms with E-state index >= 15 is 0 Å². The standard InChI is InChI=1S/C10H21NO.C8H17NO.3CH4/c1-7(2)6-10(12)11-9(5)8(3)4;1-4-5-9-8(10)6-7(2)3;;;/h7-9H,6H2,1-5H3,(H,11,12);7H,4-6H2,1-3H3,(H,9,10);3*1H4. The van der Waals surface area contributed by atoms with E-state index in [1.165, 1.54) is 0 Å². The Labute approximate surface area is 159 Å². The van der Waals surface area contributed by atoms with E-state index in [2.05, 4.69) is 45.3 Å². The summed E-state index contributed by atoms with van der Waals surface area (Å²) in [5.74, 6) is 1.78. The van der Waals surface area contributed by atoms with Crippen molar-refractivity contribution < 1.29 is 9.59 Å². The first-order valence-corrected chi connectivity index (χ1v) is 8.66. The first-order valence-electron chi connectivity index (χ1n) is 8.66. The highest BCUT2D eigenvalue weighted by atomic mass is 16.2. The minimum absolute atomic E-state index is 0. The van der Waals surface area contributed by atoms with Crippen molar-refractivity contribution in [1.29, 1.82) is 0 Å². The summed E-state index contributed by atoms with van der Waals surface area (Å²) in [6.45, 7) is 17.3. The summed E-state index contributed by atoms with van der Waals surface area (Å²) in [5, 5.41) is 5.80. The minimum Gasteiger partial charge on any atom is -0.356 e. The largest absolute Gasteiger partial charge is 0.356 e. The monoisotopic (exact) mass is 362 g/mol. The van der Waals surface area contributed by atoms with Crippen molar-refractivity contribution in [3.05, 3.63) is 0 Å². The lowest BCUT2D eigenvalue weighted by Gasteiger charge is -2.17. The van der Waals surface area contributed by atoms with E-state index in [4.69, 9.17) is 0 Å². The van der Waals surface area contributed by atoms with Crippen molar-refractivity contribution in [3.63, 3.8) is 0 Å². The molecule has 0 saturated heterocycles. The minimum atomic E-state index is 0. The fourth-order valence-electron chi connectivity index (χ4n) is 1.56. The fourth-order valence-corrected chi connectivity index (χ4v) is 1.56. The maximum absolute atomic E-state index is 11.3. The van der Waals surface area contributed by atoms with Crippen LogP contribution in [-0.2, 0) is 9.59 Å². The van der Waals surface area contributed by atoms with Gasteiger partial charge in [-0.2, -0.15) is 0 Å². The third-order valence-electron chi connectivity index (χ3n) is 3.15. The molecule has 0 radical (unpaired) electrons. The number of rotatable bonds is 8. The molecular weight excluding hydrogens is 312 g/mol. The summed E-state index contributed by atoms with van der Waals surface area (Å²) in [5.41, 5.74) is 0. The number of nitrogens with one attached hydrogen (secondary N) is 2. The Balaban J connectivity index is -0.0000000964. The molecule has 0 fully saturated rings. The van der Waals surface area contributed by atoms with Crippen LogP contribution in [0.2, 0.25) is 0 Å². The number of carbonyl (C=O) groups excluding carboxylic acids is 2. The van der Waals surface area contributed by atoms with E-state index in [0.717, 1.165) is 13.0 Å². The van der Waals surface area contributed by atoms with Crippen LogP contribution in [-0.4, -0.2) is 24.4 Å². The molecule has 0 heterocycles. The van der Waals surface area contributed by atoms with Crippen LogP contribution in [0.3, 0.4) is 0 Å². The van der Waals surface area contributed by atoms with Gasteiger partial charge in [-0.05, 0) is 31.1 Å². The zero-order valence-electron chi connectivity index (χ0n) is 16.0. The molecule has 0 rings (SSSR count). The molecule has 0 aromatic carbocycles. The van der Waals surface area contributed by atoms with Gasteiger partial charge in [-0.3, -0.25) is 9.59 Å². The quantitative estimate of drug-likeness (QED) is 0.585. The molecule has 4 heteroatoms. The highest BCUT2D eigenvalue weighted by Gasteiger charge is 2.11. The summed E-state index contributed by atoms with van der Waals surface area (Å²) in [4.78, 5) is 22.2. The molecule has 2 N–H and O–H groups in total. The summed E-state index contributed by atoms with van der Waals surface area (Å²) in [6, 6.07) is 0.288. The highest BCUT2D eigenvalue weighted by molar-refractivity contribution is 5.76. The molecule has 0 aliphatic heterocycles. The molecule has 0 bridgehead atoms. The van der Waals surface area contributed by atoms with Crippen LogP contribution in [0.4, 0.5) is 0 Å². The topological polar surface area (TPSA) is 58.2 Å². The van der Waals surface area contributed by atoms with Gasteiger partial charge >= 0.3 is 0 Å². The van der Waals surface area contributed by atoms with Crippen molar-refractivity contribution >= 4 is 11.8 Å². The van der Waals surface area contributed by atoms with Crippen molar-refractivity contribution in [2.45, 2.75) is 103 Å². The fraction of sp³-hybridized carbons (Fsp3) is 0.905. The number of hydrogen-bond donors (Lipinski definition) is 2. The molecule has 0 saturated carbocycles. The van der Waals surface area contributed by atoms with Gasteiger partial charge in [-0.1, -0.05) is 70.7 Å². The van der Waals surface area contributed by atoms with Crippen LogP contribution in [0.1, 0.15) is 96.9 Å². The Kier molecular flexibility index (Phi) is 29.5. The summed E-state index contributed by atoms with van der Waals surface area (Å²) >= 11 is 0. The van der Waals surface area contributed by atoms with Gasteiger partial charge in [0, 0.05) is 25.4 Å². The van der Waals surface area contributed by atoms with E-state index < -0.39 is 0 Å². The van der Waals surface area contributed by atoms with Gasteiger partial charge in [-0.25, -0.2) is 0 Å². The zero-order valence-corrected chi connectivity index (χ0v) is 16.0. The van der Waals surface area contributed by atoms with E-state index in [1.54, 1.807) is 0 Å². The molecule has 156 valence electrons.